The van der Waals surface area contributed by atoms with E-state index in [0.29, 0.717) is 23.0 Å². The molecule has 0 saturated heterocycles. The van der Waals surface area contributed by atoms with Crippen molar-refractivity contribution in [1.29, 1.82) is 0 Å². The number of hydrogen-bond acceptors (Lipinski definition) is 5. The summed E-state index contributed by atoms with van der Waals surface area (Å²) in [5, 5.41) is 7.87. The van der Waals surface area contributed by atoms with Gasteiger partial charge in [-0.2, -0.15) is 0 Å². The minimum absolute atomic E-state index is 0.119. The Bertz CT molecular complexity index is 801. The average molecular weight is 354 g/mol. The first kappa shape index (κ1) is 18.9. The topological polar surface area (TPSA) is 104 Å². The van der Waals surface area contributed by atoms with Crippen molar-refractivity contribution in [2.24, 2.45) is 21.7 Å². The number of nitrogens with zero attached hydrogens (tertiary/aromatic N) is 2. The first-order valence-corrected chi connectivity index (χ1v) is 7.79. The molecule has 0 fully saturated rings. The molecule has 0 aliphatic rings. The normalized spacial score (nSPS) is 11.3. The van der Waals surface area contributed by atoms with E-state index in [1.165, 1.54) is 0 Å². The van der Waals surface area contributed by atoms with Crippen molar-refractivity contribution in [3.63, 3.8) is 0 Å². The fourth-order valence-electron chi connectivity index (χ4n) is 2.27. The zero-order valence-electron chi connectivity index (χ0n) is 15.0. The molecule has 2 aromatic rings. The molecule has 0 unspecified atom stereocenters. The second kappa shape index (κ2) is 9.12. The third kappa shape index (κ3) is 4.76. The summed E-state index contributed by atoms with van der Waals surface area (Å²) in [7, 11) is 4.74. The molecule has 0 bridgehead atoms. The molecule has 136 valence electrons. The molecule has 0 amide bonds. The van der Waals surface area contributed by atoms with Gasteiger partial charge in [-0.3, -0.25) is 0 Å². The van der Waals surface area contributed by atoms with E-state index in [0.717, 1.165) is 11.1 Å². The van der Waals surface area contributed by atoms with Gasteiger partial charge in [-0.1, -0.05) is 30.3 Å². The van der Waals surface area contributed by atoms with Crippen LogP contribution in [0.5, 0.6) is 17.2 Å². The maximum atomic E-state index is 5.45. The Kier molecular flexibility index (Phi) is 6.61. The molecule has 0 radical (unpaired) electrons. The van der Waals surface area contributed by atoms with Gasteiger partial charge < -0.3 is 25.7 Å². The van der Waals surface area contributed by atoms with Crippen LogP contribution in [0.3, 0.4) is 0 Å². The van der Waals surface area contributed by atoms with E-state index >= 15 is 0 Å². The van der Waals surface area contributed by atoms with Crippen molar-refractivity contribution in [3.8, 4) is 17.2 Å². The number of methoxy groups -OCH3 is 3. The Morgan fingerprint density at radius 2 is 1.50 bits per heavy atom. The third-order valence-corrected chi connectivity index (χ3v) is 3.50. The van der Waals surface area contributed by atoms with E-state index in [2.05, 4.69) is 10.2 Å². The average Bonchev–Trinajstić information content (AvgIpc) is 2.67. The molecule has 0 aliphatic heterocycles. The maximum absolute atomic E-state index is 5.45. The van der Waals surface area contributed by atoms with Crippen LogP contribution >= 0.6 is 0 Å². The second-order valence-electron chi connectivity index (χ2n) is 5.16. The summed E-state index contributed by atoms with van der Waals surface area (Å²) >= 11 is 0. The van der Waals surface area contributed by atoms with Gasteiger partial charge in [-0.25, -0.2) is 0 Å². The molecule has 7 heteroatoms. The van der Waals surface area contributed by atoms with Gasteiger partial charge in [0.25, 0.3) is 0 Å². The van der Waals surface area contributed by atoms with Gasteiger partial charge in [0.1, 0.15) is 17.2 Å². The van der Waals surface area contributed by atoms with Gasteiger partial charge in [0, 0.05) is 17.7 Å². The standard InChI is InChI=1S/C19H22N4O3/c1-24-14-11-17(25-2)15(18(12-14)26-3)9-10-16(22-23-19(20)21)13-7-5-4-6-8-13/h4-12H,1-3H3,(H4,20,21,23)/b10-9+,22-16-. The minimum Gasteiger partial charge on any atom is -0.496 e. The highest BCUT2D eigenvalue weighted by Crippen LogP contribution is 2.35. The van der Waals surface area contributed by atoms with Crippen LogP contribution in [0.15, 0.2) is 58.7 Å². The predicted octanol–water partition coefficient (Wildman–Crippen LogP) is 2.40. The molecule has 0 heterocycles. The molecule has 0 aromatic heterocycles. The van der Waals surface area contributed by atoms with Gasteiger partial charge >= 0.3 is 0 Å². The zero-order valence-corrected chi connectivity index (χ0v) is 15.0. The largest absolute Gasteiger partial charge is 0.496 e. The number of rotatable bonds is 7. The second-order valence-corrected chi connectivity index (χ2v) is 5.16. The van der Waals surface area contributed by atoms with Crippen LogP contribution in [-0.2, 0) is 0 Å². The molecule has 0 atom stereocenters. The first-order valence-electron chi connectivity index (χ1n) is 7.79. The Balaban J connectivity index is 2.50. The van der Waals surface area contributed by atoms with Crippen LogP contribution in [0.2, 0.25) is 0 Å². The van der Waals surface area contributed by atoms with Crippen molar-refractivity contribution in [1.82, 2.24) is 0 Å². The van der Waals surface area contributed by atoms with Crippen LogP contribution in [0.1, 0.15) is 11.1 Å². The summed E-state index contributed by atoms with van der Waals surface area (Å²) in [5.41, 5.74) is 13.0. The predicted molar refractivity (Wildman–Crippen MR) is 104 cm³/mol. The molecular formula is C19H22N4O3. The Morgan fingerprint density at radius 1 is 0.885 bits per heavy atom. The summed E-state index contributed by atoms with van der Waals surface area (Å²) in [6, 6.07) is 13.1. The van der Waals surface area contributed by atoms with Crippen LogP contribution in [0.25, 0.3) is 6.08 Å². The summed E-state index contributed by atoms with van der Waals surface area (Å²) in [5.74, 6) is 1.72. The van der Waals surface area contributed by atoms with Crippen molar-refractivity contribution < 1.29 is 14.2 Å². The fraction of sp³-hybridized carbons (Fsp3) is 0.158. The molecule has 7 nitrogen and oxygen atoms in total. The van der Waals surface area contributed by atoms with Crippen molar-refractivity contribution in [2.75, 3.05) is 21.3 Å². The first-order chi connectivity index (χ1) is 12.6. The smallest absolute Gasteiger partial charge is 0.211 e. The van der Waals surface area contributed by atoms with E-state index < -0.39 is 0 Å². The van der Waals surface area contributed by atoms with Gasteiger partial charge in [0.05, 0.1) is 32.6 Å². The summed E-state index contributed by atoms with van der Waals surface area (Å²) in [4.78, 5) is 0. The van der Waals surface area contributed by atoms with Gasteiger partial charge in [-0.05, 0) is 12.2 Å². The quantitative estimate of drug-likeness (QED) is 0.451. The number of benzene rings is 2. The number of guanidine groups is 1. The van der Waals surface area contributed by atoms with Crippen LogP contribution in [-0.4, -0.2) is 33.0 Å². The van der Waals surface area contributed by atoms with Gasteiger partial charge in [0.2, 0.25) is 5.96 Å². The SMILES string of the molecule is COc1cc(OC)c(/C=C/C(=N/N=C(N)N)c2ccccc2)c(OC)c1. The highest BCUT2D eigenvalue weighted by Gasteiger charge is 2.11. The summed E-state index contributed by atoms with van der Waals surface area (Å²) in [6.07, 6.45) is 3.61. The maximum Gasteiger partial charge on any atom is 0.211 e. The molecule has 0 aliphatic carbocycles. The highest BCUT2D eigenvalue weighted by atomic mass is 16.5. The minimum atomic E-state index is -0.119. The number of nitrogens with two attached hydrogens (primary N) is 2. The van der Waals surface area contributed by atoms with E-state index in [4.69, 9.17) is 25.7 Å². The zero-order chi connectivity index (χ0) is 18.9. The number of allylic oxidation sites excluding steroid dienone is 1. The number of hydrogen-bond donors (Lipinski definition) is 2. The molecule has 2 aromatic carbocycles. The van der Waals surface area contributed by atoms with Crippen LogP contribution in [0.4, 0.5) is 0 Å². The lowest BCUT2D eigenvalue weighted by atomic mass is 10.1. The van der Waals surface area contributed by atoms with E-state index in [1.807, 2.05) is 36.4 Å². The molecule has 0 saturated carbocycles. The molecule has 0 spiro atoms. The van der Waals surface area contributed by atoms with E-state index in [-0.39, 0.29) is 5.96 Å². The van der Waals surface area contributed by atoms with Crippen LogP contribution < -0.4 is 25.7 Å². The lowest BCUT2D eigenvalue weighted by Crippen LogP contribution is -2.22. The third-order valence-electron chi connectivity index (χ3n) is 3.50. The fourth-order valence-corrected chi connectivity index (χ4v) is 2.27. The monoisotopic (exact) mass is 354 g/mol. The lowest BCUT2D eigenvalue weighted by molar-refractivity contribution is 0.374. The van der Waals surface area contributed by atoms with Crippen molar-refractivity contribution >= 4 is 17.7 Å². The van der Waals surface area contributed by atoms with E-state index in [9.17, 15) is 0 Å². The summed E-state index contributed by atoms with van der Waals surface area (Å²) in [6.45, 7) is 0. The molecular weight excluding hydrogens is 332 g/mol. The van der Waals surface area contributed by atoms with E-state index in [1.54, 1.807) is 39.5 Å². The van der Waals surface area contributed by atoms with Crippen LogP contribution in [0, 0.1) is 0 Å². The van der Waals surface area contributed by atoms with Gasteiger partial charge in [0.15, 0.2) is 0 Å². The number of ether oxygens (including phenoxy) is 3. The highest BCUT2D eigenvalue weighted by molar-refractivity contribution is 6.11. The summed E-state index contributed by atoms with van der Waals surface area (Å²) < 4.78 is 16.2. The Labute approximate surface area is 152 Å². The lowest BCUT2D eigenvalue weighted by Gasteiger charge is -2.12. The Morgan fingerprint density at radius 3 is 2.00 bits per heavy atom. The van der Waals surface area contributed by atoms with Crippen molar-refractivity contribution in [2.45, 2.75) is 0 Å². The van der Waals surface area contributed by atoms with Gasteiger partial charge in [-0.15, -0.1) is 10.2 Å². The van der Waals surface area contributed by atoms with Crippen molar-refractivity contribution in [3.05, 3.63) is 59.7 Å². The molecule has 26 heavy (non-hydrogen) atoms. The molecule has 2 rings (SSSR count). The Hall–Kier alpha value is -3.48. The molecule has 4 N–H and O–H groups in total.